The molecule has 0 aromatic heterocycles. The Bertz CT molecular complexity index is 489. The van der Waals surface area contributed by atoms with Crippen molar-refractivity contribution in [2.24, 2.45) is 17.6 Å². The Morgan fingerprint density at radius 3 is 2.48 bits per heavy atom. The maximum Gasteiger partial charge on any atom is 0.326 e. The lowest BCUT2D eigenvalue weighted by molar-refractivity contribution is -0.158. The van der Waals surface area contributed by atoms with Gasteiger partial charge in [-0.3, -0.25) is 9.69 Å². The van der Waals surface area contributed by atoms with Crippen molar-refractivity contribution in [3.8, 4) is 0 Å². The third-order valence-electron chi connectivity index (χ3n) is 5.20. The molecule has 1 saturated carbocycles. The Morgan fingerprint density at radius 1 is 1.29 bits per heavy atom. The molecule has 1 aliphatic carbocycles. The quantitative estimate of drug-likeness (QED) is 0.862. The van der Waals surface area contributed by atoms with Crippen molar-refractivity contribution in [1.29, 1.82) is 0 Å². The van der Waals surface area contributed by atoms with E-state index in [4.69, 9.17) is 10.5 Å². The lowest BCUT2D eigenvalue weighted by Crippen LogP contribution is -2.69. The van der Waals surface area contributed by atoms with Gasteiger partial charge >= 0.3 is 5.97 Å². The molecule has 114 valence electrons. The average molecular weight is 288 g/mol. The van der Waals surface area contributed by atoms with Crippen LogP contribution in [0.5, 0.6) is 0 Å². The molecule has 2 N–H and O–H groups in total. The van der Waals surface area contributed by atoms with Gasteiger partial charge < -0.3 is 10.5 Å². The number of piperidine rings is 1. The van der Waals surface area contributed by atoms with Crippen LogP contribution in [-0.2, 0) is 16.1 Å². The summed E-state index contributed by atoms with van der Waals surface area (Å²) in [6.45, 7) is 2.71. The van der Waals surface area contributed by atoms with E-state index >= 15 is 0 Å². The smallest absolute Gasteiger partial charge is 0.326 e. The van der Waals surface area contributed by atoms with Gasteiger partial charge in [-0.1, -0.05) is 36.8 Å². The zero-order chi connectivity index (χ0) is 14.9. The first-order chi connectivity index (χ1) is 10.1. The van der Waals surface area contributed by atoms with Crippen LogP contribution >= 0.6 is 0 Å². The van der Waals surface area contributed by atoms with Crippen molar-refractivity contribution in [2.75, 3.05) is 20.2 Å². The molecule has 4 heteroatoms. The van der Waals surface area contributed by atoms with Gasteiger partial charge in [0.15, 0.2) is 0 Å². The van der Waals surface area contributed by atoms with Crippen LogP contribution in [0.2, 0.25) is 0 Å². The molecule has 2 atom stereocenters. The summed E-state index contributed by atoms with van der Waals surface area (Å²) in [5.74, 6) is 0.193. The molecule has 1 aromatic rings. The fourth-order valence-corrected chi connectivity index (χ4v) is 4.09. The highest BCUT2D eigenvalue weighted by atomic mass is 16.5. The topological polar surface area (TPSA) is 55.6 Å². The van der Waals surface area contributed by atoms with Crippen molar-refractivity contribution in [3.63, 3.8) is 0 Å². The predicted molar refractivity (Wildman–Crippen MR) is 81.5 cm³/mol. The minimum absolute atomic E-state index is 0.209. The van der Waals surface area contributed by atoms with Gasteiger partial charge in [-0.15, -0.1) is 0 Å². The summed E-state index contributed by atoms with van der Waals surface area (Å²) < 4.78 is 5.00. The molecule has 1 aromatic carbocycles. The second-order valence-corrected chi connectivity index (χ2v) is 6.43. The third-order valence-corrected chi connectivity index (χ3v) is 5.20. The molecule has 0 spiro atoms. The SMILES string of the molecule is COC(=O)C1(N)C2CCCC1CN(Cc1ccccc1)C2. The van der Waals surface area contributed by atoms with E-state index in [0.717, 1.165) is 32.5 Å². The minimum Gasteiger partial charge on any atom is -0.468 e. The number of carbonyl (C=O) groups excluding carboxylic acids is 1. The number of fused-ring (bicyclic) bond motifs is 2. The zero-order valence-electron chi connectivity index (χ0n) is 12.6. The molecule has 2 bridgehead atoms. The molecule has 2 unspecified atom stereocenters. The monoisotopic (exact) mass is 288 g/mol. The number of methoxy groups -OCH3 is 1. The van der Waals surface area contributed by atoms with E-state index in [9.17, 15) is 4.79 Å². The molecule has 2 aliphatic rings. The molecule has 1 heterocycles. The molecule has 1 aliphatic heterocycles. The number of likely N-dealkylation sites (tertiary alicyclic amines) is 1. The zero-order valence-corrected chi connectivity index (χ0v) is 12.6. The minimum atomic E-state index is -0.778. The first-order valence-corrected chi connectivity index (χ1v) is 7.78. The molecular formula is C17H24N2O2. The average Bonchev–Trinajstić information content (AvgIpc) is 2.48. The van der Waals surface area contributed by atoms with Crippen molar-refractivity contribution < 1.29 is 9.53 Å². The lowest BCUT2D eigenvalue weighted by atomic mass is 9.63. The number of benzene rings is 1. The number of hydrogen-bond acceptors (Lipinski definition) is 4. The summed E-state index contributed by atoms with van der Waals surface area (Å²) in [6, 6.07) is 10.5. The van der Waals surface area contributed by atoms with Gasteiger partial charge in [-0.05, 0) is 18.4 Å². The van der Waals surface area contributed by atoms with Crippen molar-refractivity contribution in [3.05, 3.63) is 35.9 Å². The number of carbonyl (C=O) groups is 1. The van der Waals surface area contributed by atoms with Gasteiger partial charge in [0.05, 0.1) is 7.11 Å². The molecule has 3 rings (SSSR count). The Kier molecular flexibility index (Phi) is 4.00. The summed E-state index contributed by atoms with van der Waals surface area (Å²) >= 11 is 0. The fourth-order valence-electron chi connectivity index (χ4n) is 4.09. The normalized spacial score (nSPS) is 32.7. The van der Waals surface area contributed by atoms with E-state index in [1.54, 1.807) is 0 Å². The van der Waals surface area contributed by atoms with Gasteiger partial charge in [-0.25, -0.2) is 0 Å². The molecule has 0 amide bonds. The standard InChI is InChI=1S/C17H24N2O2/c1-21-16(20)17(18)14-8-5-9-15(17)12-19(11-14)10-13-6-3-2-4-7-13/h2-4,6-7,14-15H,5,8-12,18H2,1H3. The predicted octanol–water partition coefficient (Wildman–Crippen LogP) is 1.79. The van der Waals surface area contributed by atoms with E-state index in [2.05, 4.69) is 29.2 Å². The van der Waals surface area contributed by atoms with Crippen LogP contribution in [0.3, 0.4) is 0 Å². The summed E-state index contributed by atoms with van der Waals surface area (Å²) in [4.78, 5) is 14.6. The van der Waals surface area contributed by atoms with E-state index in [-0.39, 0.29) is 17.8 Å². The molecule has 1 saturated heterocycles. The van der Waals surface area contributed by atoms with Crippen LogP contribution in [0.15, 0.2) is 30.3 Å². The van der Waals surface area contributed by atoms with Gasteiger partial charge in [0, 0.05) is 31.5 Å². The van der Waals surface area contributed by atoms with Crippen LogP contribution in [0, 0.1) is 11.8 Å². The van der Waals surface area contributed by atoms with Crippen LogP contribution in [-0.4, -0.2) is 36.6 Å². The maximum absolute atomic E-state index is 12.2. The van der Waals surface area contributed by atoms with Gasteiger partial charge in [0.2, 0.25) is 0 Å². The largest absolute Gasteiger partial charge is 0.468 e. The van der Waals surface area contributed by atoms with Gasteiger partial charge in [0.1, 0.15) is 5.54 Å². The highest BCUT2D eigenvalue weighted by Gasteiger charge is 2.54. The summed E-state index contributed by atoms with van der Waals surface area (Å²) in [5.41, 5.74) is 7.06. The number of rotatable bonds is 3. The van der Waals surface area contributed by atoms with E-state index in [1.165, 1.54) is 19.1 Å². The Balaban J connectivity index is 1.76. The molecule has 2 fully saturated rings. The van der Waals surface area contributed by atoms with Crippen molar-refractivity contribution in [2.45, 2.75) is 31.3 Å². The number of ether oxygens (including phenoxy) is 1. The van der Waals surface area contributed by atoms with Crippen LogP contribution in [0.1, 0.15) is 24.8 Å². The van der Waals surface area contributed by atoms with E-state index < -0.39 is 5.54 Å². The summed E-state index contributed by atoms with van der Waals surface area (Å²) in [7, 11) is 1.45. The number of hydrogen-bond donors (Lipinski definition) is 1. The lowest BCUT2D eigenvalue weighted by Gasteiger charge is -2.52. The molecule has 4 nitrogen and oxygen atoms in total. The van der Waals surface area contributed by atoms with Crippen molar-refractivity contribution >= 4 is 5.97 Å². The summed E-state index contributed by atoms with van der Waals surface area (Å²) in [5, 5.41) is 0. The maximum atomic E-state index is 12.2. The molecule has 21 heavy (non-hydrogen) atoms. The first-order valence-electron chi connectivity index (χ1n) is 7.78. The Morgan fingerprint density at radius 2 is 1.90 bits per heavy atom. The van der Waals surface area contributed by atoms with Crippen LogP contribution in [0.4, 0.5) is 0 Å². The number of nitrogens with zero attached hydrogens (tertiary/aromatic N) is 1. The second kappa shape index (κ2) is 5.78. The van der Waals surface area contributed by atoms with E-state index in [0.29, 0.717) is 0 Å². The van der Waals surface area contributed by atoms with E-state index in [1.807, 2.05) is 6.07 Å². The van der Waals surface area contributed by atoms with Crippen LogP contribution < -0.4 is 5.73 Å². The van der Waals surface area contributed by atoms with Gasteiger partial charge in [-0.2, -0.15) is 0 Å². The fraction of sp³-hybridized carbons (Fsp3) is 0.588. The van der Waals surface area contributed by atoms with Crippen molar-refractivity contribution in [1.82, 2.24) is 4.90 Å². The first kappa shape index (κ1) is 14.5. The molecular weight excluding hydrogens is 264 g/mol. The Hall–Kier alpha value is -1.39. The van der Waals surface area contributed by atoms with Gasteiger partial charge in [0.25, 0.3) is 0 Å². The highest BCUT2D eigenvalue weighted by molar-refractivity contribution is 5.82. The Labute approximate surface area is 126 Å². The second-order valence-electron chi connectivity index (χ2n) is 6.43. The third kappa shape index (κ3) is 2.58. The summed E-state index contributed by atoms with van der Waals surface area (Å²) in [6.07, 6.45) is 3.21. The molecule has 0 radical (unpaired) electrons. The highest BCUT2D eigenvalue weighted by Crippen LogP contribution is 2.42. The number of esters is 1. The number of nitrogens with two attached hydrogens (primary N) is 1. The van der Waals surface area contributed by atoms with Crippen LogP contribution in [0.25, 0.3) is 0 Å².